The largest absolute Gasteiger partial charge is 0.380 e. The second kappa shape index (κ2) is 12.9. The highest BCUT2D eigenvalue weighted by Gasteiger charge is 2.26. The molecule has 1 aliphatic heterocycles. The number of piperidine rings is 1. The molecule has 1 aliphatic rings. The van der Waals surface area contributed by atoms with Crippen molar-refractivity contribution in [1.82, 2.24) is 10.2 Å². The van der Waals surface area contributed by atoms with Crippen LogP contribution in [0.4, 0.5) is 0 Å². The Bertz CT molecular complexity index is 464. The van der Waals surface area contributed by atoms with Gasteiger partial charge in [-0.1, -0.05) is 13.0 Å². The number of halogens is 2. The number of hydrogen-bond acceptors (Lipinski definition) is 5. The topological polar surface area (TPSA) is 67.6 Å². The summed E-state index contributed by atoms with van der Waals surface area (Å²) in [5, 5.41) is 5.17. The summed E-state index contributed by atoms with van der Waals surface area (Å²) in [6.45, 7) is 5.53. The van der Waals surface area contributed by atoms with E-state index in [0.29, 0.717) is 19.5 Å². The number of carbonyl (C=O) groups excluding carboxylic acids is 1. The number of nitrogens with one attached hydrogen (secondary N) is 1. The second-order valence-corrected chi connectivity index (χ2v) is 7.33. The Hall–Kier alpha value is -0.370. The Morgan fingerprint density at radius 3 is 2.64 bits per heavy atom. The van der Waals surface area contributed by atoms with Gasteiger partial charge in [0.15, 0.2) is 0 Å². The van der Waals surface area contributed by atoms with Gasteiger partial charge in [-0.15, -0.1) is 36.2 Å². The number of carbonyl (C=O) groups is 1. The molecule has 1 aromatic heterocycles. The molecule has 1 aromatic rings. The normalized spacial score (nSPS) is 17.9. The molecule has 5 nitrogen and oxygen atoms in total. The lowest BCUT2D eigenvalue weighted by atomic mass is 9.97. The first-order valence-corrected chi connectivity index (χ1v) is 9.29. The van der Waals surface area contributed by atoms with Crippen LogP contribution in [0.25, 0.3) is 0 Å². The van der Waals surface area contributed by atoms with E-state index in [2.05, 4.69) is 34.7 Å². The molecule has 1 saturated heterocycles. The summed E-state index contributed by atoms with van der Waals surface area (Å²) in [5.74, 6) is 0.811. The molecule has 8 heteroatoms. The van der Waals surface area contributed by atoms with Crippen LogP contribution in [0.5, 0.6) is 0 Å². The molecular weight excluding hydrogens is 381 g/mol. The van der Waals surface area contributed by atoms with Crippen molar-refractivity contribution in [2.24, 2.45) is 11.7 Å². The molecule has 0 aromatic carbocycles. The van der Waals surface area contributed by atoms with Crippen molar-refractivity contribution in [3.63, 3.8) is 0 Å². The summed E-state index contributed by atoms with van der Waals surface area (Å²) < 4.78 is 5.18. The van der Waals surface area contributed by atoms with Crippen LogP contribution in [0.2, 0.25) is 0 Å². The second-order valence-electron chi connectivity index (χ2n) is 6.35. The third-order valence-electron chi connectivity index (χ3n) is 4.63. The van der Waals surface area contributed by atoms with Gasteiger partial charge in [-0.25, -0.2) is 0 Å². The number of rotatable bonds is 8. The van der Waals surface area contributed by atoms with Crippen LogP contribution in [0.15, 0.2) is 17.5 Å². The van der Waals surface area contributed by atoms with Crippen LogP contribution < -0.4 is 11.1 Å². The van der Waals surface area contributed by atoms with E-state index in [0.717, 1.165) is 19.0 Å². The van der Waals surface area contributed by atoms with Gasteiger partial charge in [-0.2, -0.15) is 0 Å². The molecule has 2 atom stereocenters. The average molecular weight is 412 g/mol. The zero-order valence-corrected chi connectivity index (χ0v) is 17.4. The number of thiophene rings is 1. The third-order valence-corrected chi connectivity index (χ3v) is 5.61. The number of nitrogens with zero attached hydrogens (tertiary/aromatic N) is 1. The van der Waals surface area contributed by atoms with Crippen molar-refractivity contribution in [3.8, 4) is 0 Å². The first-order chi connectivity index (χ1) is 11.1. The predicted molar refractivity (Wildman–Crippen MR) is 109 cm³/mol. The maximum Gasteiger partial charge on any atom is 0.222 e. The average Bonchev–Trinajstić information content (AvgIpc) is 3.08. The molecule has 0 radical (unpaired) electrons. The minimum absolute atomic E-state index is 0. The van der Waals surface area contributed by atoms with E-state index in [-0.39, 0.29) is 42.9 Å². The van der Waals surface area contributed by atoms with Crippen molar-refractivity contribution in [3.05, 3.63) is 22.4 Å². The van der Waals surface area contributed by atoms with Gasteiger partial charge >= 0.3 is 0 Å². The summed E-state index contributed by atoms with van der Waals surface area (Å²) in [4.78, 5) is 15.9. The molecule has 2 unspecified atom stereocenters. The lowest BCUT2D eigenvalue weighted by Gasteiger charge is -2.36. The Kier molecular flexibility index (Phi) is 12.7. The molecule has 2 heterocycles. The van der Waals surface area contributed by atoms with Crippen LogP contribution in [0.3, 0.4) is 0 Å². The Morgan fingerprint density at radius 1 is 1.44 bits per heavy atom. The Morgan fingerprint density at radius 2 is 2.12 bits per heavy atom. The van der Waals surface area contributed by atoms with Crippen molar-refractivity contribution >= 4 is 42.1 Å². The standard InChI is InChI=1S/C17H29N3O2S.2ClH/c1-13-5-7-20(8-6-13)15(16-4-3-9-23-16)12-19-17(21)10-14(11-18)22-2;;/h3-4,9,13-15H,5-8,10-12,18H2,1-2H3,(H,19,21);2*1H. The molecule has 1 fully saturated rings. The molecular formula is C17H31Cl2N3O2S. The minimum Gasteiger partial charge on any atom is -0.380 e. The SMILES string of the molecule is COC(CN)CC(=O)NCC(c1cccs1)N1CCC(C)CC1.Cl.Cl. The number of amides is 1. The van der Waals surface area contributed by atoms with Gasteiger partial charge in [0.05, 0.1) is 18.6 Å². The molecule has 2 rings (SSSR count). The number of ether oxygens (including phenoxy) is 1. The van der Waals surface area contributed by atoms with Gasteiger partial charge in [0.25, 0.3) is 0 Å². The van der Waals surface area contributed by atoms with Gasteiger partial charge in [0.1, 0.15) is 0 Å². The number of hydrogen-bond donors (Lipinski definition) is 2. The van der Waals surface area contributed by atoms with Crippen LogP contribution >= 0.6 is 36.2 Å². The smallest absolute Gasteiger partial charge is 0.222 e. The fraction of sp³-hybridized carbons (Fsp3) is 0.706. The molecule has 0 aliphatic carbocycles. The molecule has 1 amide bonds. The molecule has 0 bridgehead atoms. The summed E-state index contributed by atoms with van der Waals surface area (Å²) in [6, 6.07) is 4.51. The summed E-state index contributed by atoms with van der Waals surface area (Å²) in [7, 11) is 1.59. The Labute approximate surface area is 167 Å². The van der Waals surface area contributed by atoms with E-state index in [4.69, 9.17) is 10.5 Å². The van der Waals surface area contributed by atoms with E-state index < -0.39 is 0 Å². The first-order valence-electron chi connectivity index (χ1n) is 8.41. The van der Waals surface area contributed by atoms with E-state index >= 15 is 0 Å². The molecule has 0 spiro atoms. The third kappa shape index (κ3) is 7.81. The van der Waals surface area contributed by atoms with Gasteiger partial charge in [0, 0.05) is 25.1 Å². The quantitative estimate of drug-likeness (QED) is 0.689. The molecule has 0 saturated carbocycles. The number of methoxy groups -OCH3 is 1. The highest BCUT2D eigenvalue weighted by Crippen LogP contribution is 2.29. The number of nitrogens with two attached hydrogens (primary N) is 1. The highest BCUT2D eigenvalue weighted by molar-refractivity contribution is 7.10. The maximum absolute atomic E-state index is 12.1. The van der Waals surface area contributed by atoms with Crippen LogP contribution in [0, 0.1) is 5.92 Å². The Balaban J connectivity index is 0.00000288. The zero-order chi connectivity index (χ0) is 16.7. The first kappa shape index (κ1) is 24.6. The van der Waals surface area contributed by atoms with Crippen molar-refractivity contribution in [2.45, 2.75) is 38.3 Å². The summed E-state index contributed by atoms with van der Waals surface area (Å²) in [5.41, 5.74) is 5.58. The predicted octanol–water partition coefficient (Wildman–Crippen LogP) is 2.84. The van der Waals surface area contributed by atoms with Crippen molar-refractivity contribution in [1.29, 1.82) is 0 Å². The van der Waals surface area contributed by atoms with Crippen molar-refractivity contribution in [2.75, 3.05) is 33.3 Å². The lowest BCUT2D eigenvalue weighted by Crippen LogP contribution is -2.42. The van der Waals surface area contributed by atoms with Gasteiger partial charge in [0.2, 0.25) is 5.91 Å². The van der Waals surface area contributed by atoms with E-state index in [1.54, 1.807) is 18.4 Å². The van der Waals surface area contributed by atoms with Gasteiger partial charge < -0.3 is 15.8 Å². The number of likely N-dealkylation sites (tertiary alicyclic amines) is 1. The van der Waals surface area contributed by atoms with Gasteiger partial charge in [-0.05, 0) is 43.3 Å². The molecule has 3 N–H and O–H groups in total. The summed E-state index contributed by atoms with van der Waals surface area (Å²) >= 11 is 1.76. The highest BCUT2D eigenvalue weighted by atomic mass is 35.5. The van der Waals surface area contributed by atoms with Crippen LogP contribution in [-0.2, 0) is 9.53 Å². The molecule has 25 heavy (non-hydrogen) atoms. The van der Waals surface area contributed by atoms with Crippen molar-refractivity contribution < 1.29 is 9.53 Å². The van der Waals surface area contributed by atoms with E-state index in [1.807, 2.05) is 0 Å². The fourth-order valence-electron chi connectivity index (χ4n) is 2.98. The maximum atomic E-state index is 12.1. The fourth-order valence-corrected chi connectivity index (χ4v) is 3.84. The lowest BCUT2D eigenvalue weighted by molar-refractivity contribution is -0.123. The molecule has 146 valence electrons. The van der Waals surface area contributed by atoms with Crippen LogP contribution in [0.1, 0.15) is 37.1 Å². The van der Waals surface area contributed by atoms with E-state index in [9.17, 15) is 4.79 Å². The summed E-state index contributed by atoms with van der Waals surface area (Å²) in [6.07, 6.45) is 2.58. The zero-order valence-electron chi connectivity index (χ0n) is 15.0. The monoisotopic (exact) mass is 411 g/mol. The van der Waals surface area contributed by atoms with Crippen LogP contribution in [-0.4, -0.2) is 50.2 Å². The minimum atomic E-state index is -0.203. The van der Waals surface area contributed by atoms with Gasteiger partial charge in [-0.3, -0.25) is 9.69 Å². The van der Waals surface area contributed by atoms with E-state index in [1.165, 1.54) is 17.7 Å².